The van der Waals surface area contributed by atoms with Crippen LogP contribution in [0.15, 0.2) is 48.9 Å². The van der Waals surface area contributed by atoms with Gasteiger partial charge in [-0.25, -0.2) is 4.39 Å². The van der Waals surface area contributed by atoms with E-state index in [9.17, 15) is 24.2 Å². The van der Waals surface area contributed by atoms with Crippen LogP contribution in [0, 0.1) is 5.82 Å². The molecule has 1 saturated heterocycles. The molecule has 9 heteroatoms. The zero-order valence-corrected chi connectivity index (χ0v) is 17.5. The van der Waals surface area contributed by atoms with Gasteiger partial charge in [-0.3, -0.25) is 19.5 Å². The van der Waals surface area contributed by atoms with E-state index in [0.29, 0.717) is 29.6 Å². The van der Waals surface area contributed by atoms with Crippen LogP contribution in [0.25, 0.3) is 10.9 Å². The molecule has 0 unspecified atom stereocenters. The number of carboxylic acid groups (broad SMARTS) is 2. The fraction of sp³-hybridized carbons (Fsp3) is 0.348. The van der Waals surface area contributed by atoms with E-state index in [4.69, 9.17) is 0 Å². The molecule has 32 heavy (non-hydrogen) atoms. The van der Waals surface area contributed by atoms with Gasteiger partial charge in [0.15, 0.2) is 0 Å². The minimum atomic E-state index is -1.08. The first-order valence-corrected chi connectivity index (χ1v) is 10.5. The largest absolute Gasteiger partial charge is 0.480 e. The van der Waals surface area contributed by atoms with Crippen molar-refractivity contribution < 1.29 is 24.2 Å². The van der Waals surface area contributed by atoms with Crippen LogP contribution in [0.1, 0.15) is 17.2 Å². The molecule has 4 rings (SSSR count). The number of fused-ring (bicyclic) bond motifs is 1. The van der Waals surface area contributed by atoms with Crippen LogP contribution in [0.5, 0.6) is 0 Å². The molecular weight excluding hydrogens is 415 g/mol. The summed E-state index contributed by atoms with van der Waals surface area (Å²) in [4.78, 5) is 31.8. The summed E-state index contributed by atoms with van der Waals surface area (Å²) in [5, 5.41) is 19.8. The van der Waals surface area contributed by atoms with Crippen LogP contribution in [0.4, 0.5) is 4.39 Å². The third-order valence-corrected chi connectivity index (χ3v) is 5.95. The molecule has 3 heterocycles. The Balaban J connectivity index is 1.52. The number of aliphatic carboxylic acids is 2. The Hall–Kier alpha value is -3.30. The van der Waals surface area contributed by atoms with Crippen molar-refractivity contribution in [1.82, 2.24) is 19.4 Å². The van der Waals surface area contributed by atoms with Crippen LogP contribution in [-0.2, 0) is 22.6 Å². The fourth-order valence-corrected chi connectivity index (χ4v) is 4.36. The van der Waals surface area contributed by atoms with E-state index in [1.165, 1.54) is 34.5 Å². The van der Waals surface area contributed by atoms with Crippen molar-refractivity contribution in [3.8, 4) is 0 Å². The van der Waals surface area contributed by atoms with Crippen molar-refractivity contribution in [2.24, 2.45) is 0 Å². The van der Waals surface area contributed by atoms with E-state index < -0.39 is 23.8 Å². The fourth-order valence-electron chi connectivity index (χ4n) is 4.36. The summed E-state index contributed by atoms with van der Waals surface area (Å²) in [5.74, 6) is -2.58. The lowest BCUT2D eigenvalue weighted by molar-refractivity contribution is -0.144. The van der Waals surface area contributed by atoms with Gasteiger partial charge in [0, 0.05) is 62.3 Å². The third kappa shape index (κ3) is 4.79. The van der Waals surface area contributed by atoms with Crippen molar-refractivity contribution in [3.05, 3.63) is 65.9 Å². The van der Waals surface area contributed by atoms with Crippen LogP contribution >= 0.6 is 0 Å². The normalized spacial score (nSPS) is 16.3. The van der Waals surface area contributed by atoms with E-state index in [1.54, 1.807) is 12.4 Å². The van der Waals surface area contributed by atoms with Gasteiger partial charge in [-0.15, -0.1) is 0 Å². The van der Waals surface area contributed by atoms with Gasteiger partial charge in [-0.2, -0.15) is 0 Å². The zero-order chi connectivity index (χ0) is 22.7. The number of halogens is 1. The molecule has 1 atom stereocenters. The Morgan fingerprint density at radius 2 is 1.78 bits per heavy atom. The van der Waals surface area contributed by atoms with Crippen LogP contribution in [0.2, 0.25) is 0 Å². The molecule has 2 N–H and O–H groups in total. The summed E-state index contributed by atoms with van der Waals surface area (Å²) in [5.41, 5.74) is 2.08. The van der Waals surface area contributed by atoms with Gasteiger partial charge in [-0.05, 0) is 42.3 Å². The minimum absolute atomic E-state index is 0.366. The van der Waals surface area contributed by atoms with Gasteiger partial charge >= 0.3 is 11.9 Å². The Kier molecular flexibility index (Phi) is 6.48. The van der Waals surface area contributed by atoms with E-state index >= 15 is 0 Å². The summed E-state index contributed by atoms with van der Waals surface area (Å²) in [7, 11) is 0. The number of hydrogen-bond donors (Lipinski definition) is 2. The smallest absolute Gasteiger partial charge is 0.325 e. The number of nitrogens with zero attached hydrogens (tertiary/aromatic N) is 4. The number of pyridine rings is 1. The maximum atomic E-state index is 13.8. The first kappa shape index (κ1) is 21.9. The second-order valence-electron chi connectivity index (χ2n) is 7.99. The number of carbonyl (C=O) groups is 2. The van der Waals surface area contributed by atoms with E-state index in [1.807, 2.05) is 17.0 Å². The Morgan fingerprint density at radius 3 is 2.44 bits per heavy atom. The number of carboxylic acids is 2. The van der Waals surface area contributed by atoms with E-state index in [-0.39, 0.29) is 6.54 Å². The highest BCUT2D eigenvalue weighted by Crippen LogP contribution is 2.32. The average Bonchev–Trinajstić information content (AvgIpc) is 3.10. The first-order valence-electron chi connectivity index (χ1n) is 10.5. The topological polar surface area (TPSA) is 98.9 Å². The lowest BCUT2D eigenvalue weighted by atomic mass is 10.0. The van der Waals surface area contributed by atoms with E-state index in [0.717, 1.165) is 26.1 Å². The van der Waals surface area contributed by atoms with Gasteiger partial charge in [0.2, 0.25) is 0 Å². The highest BCUT2D eigenvalue weighted by Gasteiger charge is 2.33. The van der Waals surface area contributed by atoms with Crippen molar-refractivity contribution in [2.45, 2.75) is 19.0 Å². The van der Waals surface area contributed by atoms with Gasteiger partial charge in [0.05, 0.1) is 5.52 Å². The average molecular weight is 440 g/mol. The monoisotopic (exact) mass is 440 g/mol. The van der Waals surface area contributed by atoms with Gasteiger partial charge in [0.25, 0.3) is 0 Å². The van der Waals surface area contributed by atoms with Gasteiger partial charge in [0.1, 0.15) is 18.4 Å². The minimum Gasteiger partial charge on any atom is -0.480 e. The Bertz CT molecular complexity index is 1110. The molecule has 0 bridgehead atoms. The molecule has 1 aliphatic heterocycles. The molecule has 2 aromatic heterocycles. The lowest BCUT2D eigenvalue weighted by Gasteiger charge is -2.37. The number of rotatable bonds is 8. The van der Waals surface area contributed by atoms with Crippen molar-refractivity contribution in [1.29, 1.82) is 0 Å². The molecule has 168 valence electrons. The predicted molar refractivity (Wildman–Crippen MR) is 116 cm³/mol. The summed E-state index contributed by atoms with van der Waals surface area (Å²) < 4.78 is 15.2. The molecule has 1 aromatic carbocycles. The molecule has 8 nitrogen and oxygen atoms in total. The Morgan fingerprint density at radius 1 is 1.06 bits per heavy atom. The summed E-state index contributed by atoms with van der Waals surface area (Å²) in [6, 6.07) is 7.10. The standard InChI is InChI=1S/C23H25FN4O4/c24-17-1-2-18-19(14-28(15-21(29)30)20(18)13-17)22(23(31)32)27-11-9-26(10-12-27)8-5-16-3-6-25-7-4-16/h1-4,6-7,13-14,22H,5,8-12,15H2,(H,29,30)(H,31,32)/t22-/m1/s1. The number of piperazine rings is 1. The quantitative estimate of drug-likeness (QED) is 0.554. The van der Waals surface area contributed by atoms with Crippen LogP contribution in [0.3, 0.4) is 0 Å². The number of aromatic nitrogens is 2. The second-order valence-corrected chi connectivity index (χ2v) is 7.99. The molecule has 3 aromatic rings. The van der Waals surface area contributed by atoms with Crippen molar-refractivity contribution in [2.75, 3.05) is 32.7 Å². The number of benzene rings is 1. The van der Waals surface area contributed by atoms with Crippen LogP contribution < -0.4 is 0 Å². The zero-order valence-electron chi connectivity index (χ0n) is 17.5. The Labute approximate surface area is 184 Å². The van der Waals surface area contributed by atoms with Crippen molar-refractivity contribution >= 4 is 22.8 Å². The van der Waals surface area contributed by atoms with Gasteiger partial charge in [-0.1, -0.05) is 0 Å². The maximum Gasteiger partial charge on any atom is 0.325 e. The predicted octanol–water partition coefficient (Wildman–Crippen LogP) is 2.25. The molecule has 0 amide bonds. The van der Waals surface area contributed by atoms with Gasteiger partial charge < -0.3 is 19.7 Å². The molecular formula is C23H25FN4O4. The summed E-state index contributed by atoms with van der Waals surface area (Å²) >= 11 is 0. The third-order valence-electron chi connectivity index (χ3n) is 5.95. The first-order chi connectivity index (χ1) is 15.4. The van der Waals surface area contributed by atoms with E-state index in [2.05, 4.69) is 9.88 Å². The molecule has 0 radical (unpaired) electrons. The second kappa shape index (κ2) is 9.46. The van der Waals surface area contributed by atoms with Crippen molar-refractivity contribution in [3.63, 3.8) is 0 Å². The molecule has 0 saturated carbocycles. The van der Waals surface area contributed by atoms with Crippen LogP contribution in [-0.4, -0.2) is 74.2 Å². The summed E-state index contributed by atoms with van der Waals surface area (Å²) in [6.07, 6.45) is 5.99. The lowest BCUT2D eigenvalue weighted by Crippen LogP contribution is -2.49. The number of hydrogen-bond acceptors (Lipinski definition) is 5. The maximum absolute atomic E-state index is 13.8. The SMILES string of the molecule is O=C(O)Cn1cc([C@H](C(=O)O)N2CCN(CCc3ccncc3)CC2)c2ccc(F)cc21. The highest BCUT2D eigenvalue weighted by atomic mass is 19.1. The molecule has 1 aliphatic rings. The summed E-state index contributed by atoms with van der Waals surface area (Å²) in [6.45, 7) is 3.12. The molecule has 1 fully saturated rings. The molecule has 0 spiro atoms. The molecule has 0 aliphatic carbocycles. The highest BCUT2D eigenvalue weighted by molar-refractivity contribution is 5.90.